The maximum atomic E-state index is 13.1. The predicted molar refractivity (Wildman–Crippen MR) is 110 cm³/mol. The van der Waals surface area contributed by atoms with Crippen LogP contribution in [0.3, 0.4) is 0 Å². The maximum Gasteiger partial charge on any atom is 0.416 e. The average Bonchev–Trinajstić information content (AvgIpc) is 3.02. The van der Waals surface area contributed by atoms with E-state index in [0.717, 1.165) is 11.8 Å². The number of rotatable bonds is 4. The summed E-state index contributed by atoms with van der Waals surface area (Å²) in [6.45, 7) is 5.90. The van der Waals surface area contributed by atoms with Gasteiger partial charge in [-0.25, -0.2) is 9.78 Å². The van der Waals surface area contributed by atoms with Crippen LogP contribution < -0.4 is 4.90 Å². The zero-order valence-corrected chi connectivity index (χ0v) is 17.2. The number of hydrogen-bond donors (Lipinski definition) is 1. The Morgan fingerprint density at radius 1 is 1.16 bits per heavy atom. The topological polar surface area (TPSA) is 67.6 Å². The van der Waals surface area contributed by atoms with Crippen molar-refractivity contribution in [2.45, 2.75) is 26.6 Å². The fourth-order valence-electron chi connectivity index (χ4n) is 4.02. The normalized spacial score (nSPS) is 14.9. The number of anilines is 1. The van der Waals surface area contributed by atoms with E-state index in [-0.39, 0.29) is 17.7 Å². The van der Waals surface area contributed by atoms with Gasteiger partial charge in [-0.15, -0.1) is 0 Å². The average molecular weight is 433 g/mol. The van der Waals surface area contributed by atoms with Gasteiger partial charge in [-0.05, 0) is 43.2 Å². The molecule has 0 atom stereocenters. The van der Waals surface area contributed by atoms with Gasteiger partial charge < -0.3 is 19.3 Å². The number of halogens is 3. The molecule has 3 aromatic rings. The van der Waals surface area contributed by atoms with E-state index in [1.807, 2.05) is 10.6 Å². The summed E-state index contributed by atoms with van der Waals surface area (Å²) in [6, 6.07) is 7.56. The molecule has 1 aliphatic rings. The van der Waals surface area contributed by atoms with Crippen LogP contribution in [-0.2, 0) is 17.5 Å². The molecule has 31 heavy (non-hydrogen) atoms. The number of aromatic nitrogens is 2. The lowest BCUT2D eigenvalue weighted by Gasteiger charge is -2.29. The van der Waals surface area contributed by atoms with Crippen molar-refractivity contribution in [3.05, 3.63) is 58.4 Å². The van der Waals surface area contributed by atoms with E-state index in [1.165, 1.54) is 19.1 Å². The van der Waals surface area contributed by atoms with Crippen molar-refractivity contribution < 1.29 is 27.8 Å². The van der Waals surface area contributed by atoms with E-state index >= 15 is 0 Å². The number of carboxylic acid groups (broad SMARTS) is 1. The van der Waals surface area contributed by atoms with Gasteiger partial charge in [0.1, 0.15) is 11.3 Å². The highest BCUT2D eigenvalue weighted by Gasteiger charge is 2.32. The first-order valence-corrected chi connectivity index (χ1v) is 9.89. The minimum atomic E-state index is -4.40. The number of aryl methyl sites for hydroxylation is 2. The molecule has 164 valence electrons. The second kappa shape index (κ2) is 7.88. The number of morpholine rings is 1. The number of aromatic carboxylic acids is 1. The van der Waals surface area contributed by atoms with E-state index < -0.39 is 17.7 Å². The van der Waals surface area contributed by atoms with Crippen molar-refractivity contribution in [2.75, 3.05) is 31.2 Å². The molecule has 6 nitrogen and oxygen atoms in total. The Kier molecular flexibility index (Phi) is 5.38. The summed E-state index contributed by atoms with van der Waals surface area (Å²) in [5.41, 5.74) is 2.03. The van der Waals surface area contributed by atoms with Crippen LogP contribution in [-0.4, -0.2) is 46.9 Å². The lowest BCUT2D eigenvalue weighted by atomic mass is 10.0. The minimum Gasteiger partial charge on any atom is -0.478 e. The first-order valence-electron chi connectivity index (χ1n) is 9.89. The summed E-state index contributed by atoms with van der Waals surface area (Å²) in [6.07, 6.45) is -4.40. The van der Waals surface area contributed by atoms with Crippen molar-refractivity contribution in [3.8, 4) is 0 Å². The van der Waals surface area contributed by atoms with Crippen molar-refractivity contribution in [2.24, 2.45) is 0 Å². The molecule has 2 heterocycles. The Labute approximate surface area is 176 Å². The molecule has 1 fully saturated rings. The van der Waals surface area contributed by atoms with Gasteiger partial charge >= 0.3 is 12.1 Å². The molecule has 0 aliphatic carbocycles. The monoisotopic (exact) mass is 433 g/mol. The van der Waals surface area contributed by atoms with Gasteiger partial charge in [0.25, 0.3) is 0 Å². The lowest BCUT2D eigenvalue weighted by molar-refractivity contribution is -0.138. The number of benzene rings is 2. The van der Waals surface area contributed by atoms with Crippen LogP contribution in [0.25, 0.3) is 11.0 Å². The van der Waals surface area contributed by atoms with Crippen molar-refractivity contribution in [1.82, 2.24) is 9.55 Å². The van der Waals surface area contributed by atoms with E-state index in [2.05, 4.69) is 9.88 Å². The highest BCUT2D eigenvalue weighted by Crippen LogP contribution is 2.33. The van der Waals surface area contributed by atoms with Crippen molar-refractivity contribution >= 4 is 22.7 Å². The zero-order chi connectivity index (χ0) is 22.3. The number of carboxylic acids is 1. The molecular weight excluding hydrogens is 411 g/mol. The summed E-state index contributed by atoms with van der Waals surface area (Å²) in [4.78, 5) is 18.4. The third kappa shape index (κ3) is 4.10. The summed E-state index contributed by atoms with van der Waals surface area (Å²) in [5.74, 6) is -0.482. The van der Waals surface area contributed by atoms with Crippen molar-refractivity contribution in [1.29, 1.82) is 0 Å². The quantitative estimate of drug-likeness (QED) is 0.666. The fraction of sp³-hybridized carbons (Fsp3) is 0.364. The molecule has 9 heteroatoms. The number of nitrogens with zero attached hydrogens (tertiary/aromatic N) is 3. The molecule has 1 aromatic heterocycles. The molecule has 1 saturated heterocycles. The highest BCUT2D eigenvalue weighted by atomic mass is 19.4. The summed E-state index contributed by atoms with van der Waals surface area (Å²) in [5, 5.41) is 9.74. The molecule has 2 aromatic carbocycles. The number of imidazole rings is 1. The second-order valence-corrected chi connectivity index (χ2v) is 7.66. The molecule has 0 saturated carbocycles. The Hall–Kier alpha value is -3.07. The van der Waals surface area contributed by atoms with Crippen molar-refractivity contribution in [3.63, 3.8) is 0 Å². The molecule has 1 aliphatic heterocycles. The maximum absolute atomic E-state index is 13.1. The van der Waals surface area contributed by atoms with E-state index in [1.54, 1.807) is 13.0 Å². The molecule has 0 unspecified atom stereocenters. The van der Waals surface area contributed by atoms with Crippen LogP contribution in [0.2, 0.25) is 0 Å². The Bertz CT molecular complexity index is 1150. The number of hydrogen-bond acceptors (Lipinski definition) is 4. The van der Waals surface area contributed by atoms with Gasteiger partial charge in [-0.2, -0.15) is 13.2 Å². The zero-order valence-electron chi connectivity index (χ0n) is 17.2. The lowest BCUT2D eigenvalue weighted by Crippen LogP contribution is -2.36. The van der Waals surface area contributed by atoms with Gasteiger partial charge in [-0.1, -0.05) is 12.1 Å². The van der Waals surface area contributed by atoms with Gasteiger partial charge in [0.2, 0.25) is 0 Å². The molecular formula is C22H22F3N3O3. The Balaban J connectivity index is 1.79. The molecule has 0 spiro atoms. The van der Waals surface area contributed by atoms with Gasteiger partial charge in [-0.3, -0.25) is 0 Å². The van der Waals surface area contributed by atoms with Crippen LogP contribution in [0.15, 0.2) is 30.3 Å². The molecule has 0 bridgehead atoms. The largest absolute Gasteiger partial charge is 0.478 e. The van der Waals surface area contributed by atoms with E-state index in [9.17, 15) is 23.1 Å². The third-order valence-corrected chi connectivity index (χ3v) is 5.57. The first kappa shape index (κ1) is 21.2. The van der Waals surface area contributed by atoms with Gasteiger partial charge in [0, 0.05) is 25.3 Å². The fourth-order valence-corrected chi connectivity index (χ4v) is 4.02. The van der Waals surface area contributed by atoms with E-state index in [4.69, 9.17) is 4.74 Å². The molecule has 4 rings (SSSR count). The third-order valence-electron chi connectivity index (χ3n) is 5.57. The smallest absolute Gasteiger partial charge is 0.416 e. The van der Waals surface area contributed by atoms with Crippen LogP contribution in [0.1, 0.15) is 32.9 Å². The van der Waals surface area contributed by atoms with E-state index in [0.29, 0.717) is 48.7 Å². The predicted octanol–water partition coefficient (Wildman–Crippen LogP) is 4.26. The van der Waals surface area contributed by atoms with Crippen LogP contribution in [0, 0.1) is 13.8 Å². The van der Waals surface area contributed by atoms with Gasteiger partial charge in [0.15, 0.2) is 0 Å². The van der Waals surface area contributed by atoms with Crippen LogP contribution >= 0.6 is 0 Å². The highest BCUT2D eigenvalue weighted by molar-refractivity contribution is 6.03. The SMILES string of the molecule is Cc1cc(Cn2c(C)nc3c(C(=O)O)cc(N4CCOCC4)cc32)ccc1C(F)(F)F. The number of carbonyl (C=O) groups is 1. The standard InChI is InChI=1S/C22H22F3N3O3/c1-13-9-15(3-4-18(13)22(23,24)25)12-28-14(2)26-20-17(21(29)30)10-16(11-19(20)28)27-5-7-31-8-6-27/h3-4,9-11H,5-8,12H2,1-2H3,(H,29,30). The second-order valence-electron chi connectivity index (χ2n) is 7.66. The summed E-state index contributed by atoms with van der Waals surface area (Å²) < 4.78 is 46.5. The summed E-state index contributed by atoms with van der Waals surface area (Å²) in [7, 11) is 0. The first-order chi connectivity index (χ1) is 14.6. The van der Waals surface area contributed by atoms with Gasteiger partial charge in [0.05, 0.1) is 29.9 Å². The molecule has 1 N–H and O–H groups in total. The van der Waals surface area contributed by atoms with Crippen LogP contribution in [0.4, 0.5) is 18.9 Å². The number of alkyl halides is 3. The van der Waals surface area contributed by atoms with Crippen LogP contribution in [0.5, 0.6) is 0 Å². The minimum absolute atomic E-state index is 0.101. The molecule has 0 amide bonds. The number of fused-ring (bicyclic) bond motifs is 1. The number of ether oxygens (including phenoxy) is 1. The Morgan fingerprint density at radius 3 is 2.48 bits per heavy atom. The molecule has 0 radical (unpaired) electrons. The Morgan fingerprint density at radius 2 is 1.87 bits per heavy atom. The summed E-state index contributed by atoms with van der Waals surface area (Å²) >= 11 is 0.